The fraction of sp³-hybridized carbons (Fsp3) is 0. The van der Waals surface area contributed by atoms with Gasteiger partial charge in [-0.2, -0.15) is 4.68 Å². The van der Waals surface area contributed by atoms with E-state index in [-0.39, 0.29) is 5.00 Å². The summed E-state index contributed by atoms with van der Waals surface area (Å²) in [6.07, 6.45) is 1.23. The Morgan fingerprint density at radius 1 is 1.47 bits per heavy atom. The van der Waals surface area contributed by atoms with Gasteiger partial charge in [-0.15, -0.1) is 16.4 Å². The highest BCUT2D eigenvalue weighted by atomic mass is 32.2. The van der Waals surface area contributed by atoms with Crippen molar-refractivity contribution in [3.63, 3.8) is 0 Å². The smallest absolute Gasteiger partial charge is 0.257 e. The summed E-state index contributed by atoms with van der Waals surface area (Å²) in [5.41, 5.74) is 0. The number of nitrogens with zero attached hydrogens (tertiary/aromatic N) is 6. The number of thiophene rings is 1. The molecular weight excluding hydrogens is 308 g/mol. The molecule has 0 aliphatic heterocycles. The van der Waals surface area contributed by atoms with Gasteiger partial charge in [-0.3, -0.25) is 10.1 Å². The van der Waals surface area contributed by atoms with Crippen LogP contribution in [0.25, 0.3) is 5.00 Å². The molecule has 0 N–H and O–H groups in total. The minimum Gasteiger partial charge on any atom is -0.257 e. The van der Waals surface area contributed by atoms with Crippen molar-refractivity contribution >= 4 is 39.4 Å². The number of hydrogen-bond donors (Lipinski definition) is 0. The Labute approximate surface area is 118 Å². The van der Waals surface area contributed by atoms with E-state index in [1.807, 2.05) is 17.5 Å². The van der Waals surface area contributed by atoms with Crippen LogP contribution in [0.2, 0.25) is 0 Å². The zero-order valence-electron chi connectivity index (χ0n) is 9.03. The first-order valence-corrected chi connectivity index (χ1v) is 7.35. The summed E-state index contributed by atoms with van der Waals surface area (Å²) < 4.78 is 2.10. The molecular formula is C8H4N6O2S3. The molecule has 0 saturated heterocycles. The molecule has 3 heterocycles. The highest BCUT2D eigenvalue weighted by Gasteiger charge is 2.16. The maximum Gasteiger partial charge on any atom is 0.344 e. The van der Waals surface area contributed by atoms with Crippen molar-refractivity contribution < 1.29 is 4.92 Å². The van der Waals surface area contributed by atoms with Crippen molar-refractivity contribution in [1.29, 1.82) is 0 Å². The van der Waals surface area contributed by atoms with E-state index in [0.29, 0.717) is 9.50 Å². The second kappa shape index (κ2) is 5.03. The SMILES string of the molecule is O=[N+]([O-])c1cnc(Sc2nnnn2-c2cccs2)s1. The van der Waals surface area contributed by atoms with E-state index < -0.39 is 4.92 Å². The minimum atomic E-state index is -0.468. The molecule has 3 rings (SSSR count). The van der Waals surface area contributed by atoms with Gasteiger partial charge in [0.2, 0.25) is 5.16 Å². The monoisotopic (exact) mass is 312 g/mol. The van der Waals surface area contributed by atoms with Gasteiger partial charge in [-0.1, -0.05) is 0 Å². The first-order chi connectivity index (χ1) is 9.24. The lowest BCUT2D eigenvalue weighted by Gasteiger charge is -1.97. The van der Waals surface area contributed by atoms with Crippen molar-refractivity contribution in [1.82, 2.24) is 25.2 Å². The zero-order chi connectivity index (χ0) is 13.2. The van der Waals surface area contributed by atoms with Crippen molar-refractivity contribution in [2.24, 2.45) is 0 Å². The van der Waals surface area contributed by atoms with Crippen LogP contribution in [0.15, 0.2) is 33.2 Å². The molecule has 0 unspecified atom stereocenters. The predicted molar refractivity (Wildman–Crippen MR) is 69.9 cm³/mol. The fourth-order valence-corrected chi connectivity index (χ4v) is 3.64. The molecule has 0 fully saturated rings. The molecule has 96 valence electrons. The van der Waals surface area contributed by atoms with Crippen LogP contribution in [0.1, 0.15) is 0 Å². The number of rotatable bonds is 4. The fourth-order valence-electron chi connectivity index (χ4n) is 1.23. The van der Waals surface area contributed by atoms with E-state index in [1.165, 1.54) is 29.3 Å². The Morgan fingerprint density at radius 3 is 3.05 bits per heavy atom. The minimum absolute atomic E-state index is 0.00218. The quantitative estimate of drug-likeness (QED) is 0.538. The van der Waals surface area contributed by atoms with Crippen LogP contribution in [-0.2, 0) is 0 Å². The van der Waals surface area contributed by atoms with Gasteiger partial charge in [0, 0.05) is 0 Å². The second-order valence-electron chi connectivity index (χ2n) is 3.15. The average Bonchev–Trinajstić information content (AvgIpc) is 3.09. The Balaban J connectivity index is 1.87. The van der Waals surface area contributed by atoms with Crippen molar-refractivity contribution in [2.75, 3.05) is 0 Å². The molecule has 0 radical (unpaired) electrons. The molecule has 8 nitrogen and oxygen atoms in total. The molecule has 0 spiro atoms. The molecule has 0 saturated carbocycles. The number of thiazole rings is 1. The van der Waals surface area contributed by atoms with Gasteiger partial charge in [0.05, 0.1) is 4.92 Å². The normalized spacial score (nSPS) is 10.7. The van der Waals surface area contributed by atoms with Gasteiger partial charge in [0.15, 0.2) is 4.34 Å². The van der Waals surface area contributed by atoms with Crippen LogP contribution in [-0.4, -0.2) is 30.1 Å². The Hall–Kier alpha value is -1.85. The Morgan fingerprint density at radius 2 is 2.37 bits per heavy atom. The van der Waals surface area contributed by atoms with Gasteiger partial charge in [-0.05, 0) is 51.0 Å². The maximum atomic E-state index is 10.6. The van der Waals surface area contributed by atoms with E-state index in [4.69, 9.17) is 0 Å². The van der Waals surface area contributed by atoms with Crippen LogP contribution in [0.5, 0.6) is 0 Å². The highest BCUT2D eigenvalue weighted by molar-refractivity contribution is 8.00. The zero-order valence-corrected chi connectivity index (χ0v) is 11.5. The lowest BCUT2D eigenvalue weighted by Crippen LogP contribution is -1.95. The molecule has 19 heavy (non-hydrogen) atoms. The molecule has 0 bridgehead atoms. The topological polar surface area (TPSA) is 99.6 Å². The van der Waals surface area contributed by atoms with Gasteiger partial charge in [0.25, 0.3) is 0 Å². The summed E-state index contributed by atoms with van der Waals surface area (Å²) >= 11 is 3.68. The number of tetrazole rings is 1. The van der Waals surface area contributed by atoms with E-state index in [2.05, 4.69) is 20.5 Å². The summed E-state index contributed by atoms with van der Waals surface area (Å²) in [7, 11) is 0. The third-order valence-electron chi connectivity index (χ3n) is 1.99. The predicted octanol–water partition coefficient (Wildman–Crippen LogP) is 2.24. The third kappa shape index (κ3) is 2.47. The maximum absolute atomic E-state index is 10.6. The molecule has 0 aliphatic carbocycles. The highest BCUT2D eigenvalue weighted by Crippen LogP contribution is 2.33. The number of aromatic nitrogens is 5. The van der Waals surface area contributed by atoms with E-state index in [0.717, 1.165) is 16.3 Å². The molecule has 0 atom stereocenters. The first-order valence-electron chi connectivity index (χ1n) is 4.84. The van der Waals surface area contributed by atoms with Gasteiger partial charge >= 0.3 is 5.00 Å². The molecule has 0 aromatic carbocycles. The summed E-state index contributed by atoms with van der Waals surface area (Å²) in [6, 6.07) is 3.78. The van der Waals surface area contributed by atoms with Crippen LogP contribution < -0.4 is 0 Å². The van der Waals surface area contributed by atoms with Crippen LogP contribution in [0.4, 0.5) is 5.00 Å². The van der Waals surface area contributed by atoms with Crippen molar-refractivity contribution in [3.8, 4) is 5.00 Å². The Kier molecular flexibility index (Phi) is 3.23. The van der Waals surface area contributed by atoms with Crippen molar-refractivity contribution in [3.05, 3.63) is 33.8 Å². The van der Waals surface area contributed by atoms with Crippen LogP contribution in [0, 0.1) is 10.1 Å². The average molecular weight is 312 g/mol. The second-order valence-corrected chi connectivity index (χ2v) is 6.30. The summed E-state index contributed by atoms with van der Waals surface area (Å²) in [5, 5.41) is 25.3. The van der Waals surface area contributed by atoms with E-state index >= 15 is 0 Å². The third-order valence-corrected chi connectivity index (χ3v) is 4.79. The van der Waals surface area contributed by atoms with Crippen molar-refractivity contribution in [2.45, 2.75) is 9.50 Å². The van der Waals surface area contributed by atoms with Gasteiger partial charge < -0.3 is 0 Å². The van der Waals surface area contributed by atoms with E-state index in [9.17, 15) is 10.1 Å². The van der Waals surface area contributed by atoms with Crippen LogP contribution >= 0.6 is 34.4 Å². The lowest BCUT2D eigenvalue weighted by atomic mass is 10.6. The summed E-state index contributed by atoms with van der Waals surface area (Å²) in [6.45, 7) is 0. The lowest BCUT2D eigenvalue weighted by molar-refractivity contribution is -0.380. The standard InChI is InChI=1S/C8H4N6O2S3/c15-14(16)6-4-9-8(18-6)19-7-10-11-12-13(7)5-2-1-3-17-5/h1-4H. The summed E-state index contributed by atoms with van der Waals surface area (Å²) in [5.74, 6) is 0. The molecule has 3 aromatic heterocycles. The molecule has 0 aliphatic rings. The molecule has 0 amide bonds. The summed E-state index contributed by atoms with van der Waals surface area (Å²) in [4.78, 5) is 14.1. The first kappa shape index (κ1) is 12.2. The van der Waals surface area contributed by atoms with Gasteiger partial charge in [0.1, 0.15) is 11.2 Å². The Bertz CT molecular complexity index is 706. The number of nitro groups is 1. The van der Waals surface area contributed by atoms with Crippen LogP contribution in [0.3, 0.4) is 0 Å². The largest absolute Gasteiger partial charge is 0.344 e. The van der Waals surface area contributed by atoms with E-state index in [1.54, 1.807) is 4.68 Å². The molecule has 3 aromatic rings. The number of hydrogen-bond acceptors (Lipinski definition) is 9. The van der Waals surface area contributed by atoms with Gasteiger partial charge in [-0.25, -0.2) is 4.98 Å². The molecule has 11 heteroatoms.